The molecule has 0 unspecified atom stereocenters. The lowest BCUT2D eigenvalue weighted by Gasteiger charge is -2.03. The topological polar surface area (TPSA) is 34.4 Å². The van der Waals surface area contributed by atoms with Gasteiger partial charge in [0.15, 0.2) is 6.29 Å². The first-order valence-electron chi connectivity index (χ1n) is 5.57. The number of hydrogen-bond donors (Lipinski definition) is 0. The summed E-state index contributed by atoms with van der Waals surface area (Å²) in [6, 6.07) is 6.53. The van der Waals surface area contributed by atoms with Crippen LogP contribution in [0.2, 0.25) is 0 Å². The minimum absolute atomic E-state index is 0.320. The van der Waals surface area contributed by atoms with Crippen LogP contribution in [0.15, 0.2) is 42.7 Å². The zero-order valence-corrected chi connectivity index (χ0v) is 9.68. The molecule has 3 rings (SSSR count). The minimum atomic E-state index is -0.668. The van der Waals surface area contributed by atoms with Gasteiger partial charge in [-0.2, -0.15) is 0 Å². The molecule has 0 aliphatic carbocycles. The predicted octanol–water partition coefficient (Wildman–Crippen LogP) is 3.09. The number of aldehydes is 1. The molecule has 0 N–H and O–H groups in total. The number of nitrogens with zero attached hydrogens (tertiary/aromatic N) is 2. The SMILES string of the molecule is O=Cc1cccn2c(-c3cc(F)cc(F)c3)ncc12. The molecule has 1 aromatic carbocycles. The first kappa shape index (κ1) is 11.5. The van der Waals surface area contributed by atoms with Crippen LogP contribution in [0.3, 0.4) is 0 Å². The number of carbonyl (C=O) groups excluding carboxylic acids is 1. The molecule has 0 saturated carbocycles. The van der Waals surface area contributed by atoms with Crippen molar-refractivity contribution in [3.05, 3.63) is 59.9 Å². The van der Waals surface area contributed by atoms with Crippen LogP contribution >= 0.6 is 0 Å². The van der Waals surface area contributed by atoms with Gasteiger partial charge in [0.1, 0.15) is 17.5 Å². The molecule has 0 saturated heterocycles. The van der Waals surface area contributed by atoms with E-state index in [9.17, 15) is 13.6 Å². The van der Waals surface area contributed by atoms with Gasteiger partial charge in [-0.1, -0.05) is 0 Å². The summed E-state index contributed by atoms with van der Waals surface area (Å²) in [5.74, 6) is -0.950. The predicted molar refractivity (Wildman–Crippen MR) is 65.9 cm³/mol. The maximum absolute atomic E-state index is 13.2. The molecule has 2 heterocycles. The van der Waals surface area contributed by atoms with Gasteiger partial charge in [-0.15, -0.1) is 0 Å². The molecule has 19 heavy (non-hydrogen) atoms. The van der Waals surface area contributed by atoms with Gasteiger partial charge >= 0.3 is 0 Å². The molecule has 0 aliphatic heterocycles. The van der Waals surface area contributed by atoms with Crippen molar-refractivity contribution < 1.29 is 13.6 Å². The first-order valence-corrected chi connectivity index (χ1v) is 5.57. The van der Waals surface area contributed by atoms with Crippen LogP contribution in [0.1, 0.15) is 10.4 Å². The van der Waals surface area contributed by atoms with Gasteiger partial charge in [0.2, 0.25) is 0 Å². The molecule has 0 amide bonds. The quantitative estimate of drug-likeness (QED) is 0.662. The highest BCUT2D eigenvalue weighted by Crippen LogP contribution is 2.22. The Kier molecular flexibility index (Phi) is 2.59. The summed E-state index contributed by atoms with van der Waals surface area (Å²) < 4.78 is 28.1. The summed E-state index contributed by atoms with van der Waals surface area (Å²) in [7, 11) is 0. The second-order valence-electron chi connectivity index (χ2n) is 4.08. The van der Waals surface area contributed by atoms with E-state index in [0.29, 0.717) is 28.8 Å². The third-order valence-electron chi connectivity index (χ3n) is 2.85. The Bertz CT molecular complexity index is 760. The zero-order valence-electron chi connectivity index (χ0n) is 9.68. The smallest absolute Gasteiger partial charge is 0.152 e. The molecule has 2 aromatic heterocycles. The van der Waals surface area contributed by atoms with Crippen molar-refractivity contribution in [1.82, 2.24) is 9.38 Å². The fraction of sp³-hybridized carbons (Fsp3) is 0. The van der Waals surface area contributed by atoms with Crippen LogP contribution in [0.5, 0.6) is 0 Å². The summed E-state index contributed by atoms with van der Waals surface area (Å²) >= 11 is 0. The maximum atomic E-state index is 13.2. The number of halogens is 2. The fourth-order valence-electron chi connectivity index (χ4n) is 2.04. The fourth-order valence-corrected chi connectivity index (χ4v) is 2.04. The molecule has 0 radical (unpaired) electrons. The summed E-state index contributed by atoms with van der Waals surface area (Å²) in [5.41, 5.74) is 1.39. The highest BCUT2D eigenvalue weighted by molar-refractivity contribution is 5.86. The van der Waals surface area contributed by atoms with E-state index in [0.717, 1.165) is 6.07 Å². The van der Waals surface area contributed by atoms with Crippen molar-refractivity contribution in [2.45, 2.75) is 0 Å². The monoisotopic (exact) mass is 258 g/mol. The second kappa shape index (κ2) is 4.28. The molecular weight excluding hydrogens is 250 g/mol. The molecule has 0 atom stereocenters. The summed E-state index contributed by atoms with van der Waals surface area (Å²) in [5, 5.41) is 0. The van der Waals surface area contributed by atoms with Crippen LogP contribution < -0.4 is 0 Å². The number of benzene rings is 1. The molecule has 3 aromatic rings. The van der Waals surface area contributed by atoms with Crippen molar-refractivity contribution in [3.8, 4) is 11.4 Å². The van der Waals surface area contributed by atoms with Crippen LogP contribution in [0, 0.1) is 11.6 Å². The maximum Gasteiger partial charge on any atom is 0.152 e. The molecular formula is C14H8F2N2O. The molecule has 5 heteroatoms. The average molecular weight is 258 g/mol. The van der Waals surface area contributed by atoms with Crippen molar-refractivity contribution >= 4 is 11.8 Å². The Hall–Kier alpha value is -2.56. The molecule has 0 fully saturated rings. The summed E-state index contributed by atoms with van der Waals surface area (Å²) in [4.78, 5) is 15.0. The number of fused-ring (bicyclic) bond motifs is 1. The van der Waals surface area contributed by atoms with Gasteiger partial charge < -0.3 is 0 Å². The van der Waals surface area contributed by atoms with Crippen molar-refractivity contribution in [1.29, 1.82) is 0 Å². The van der Waals surface area contributed by atoms with Gasteiger partial charge in [-0.3, -0.25) is 9.20 Å². The Balaban J connectivity index is 2.28. The van der Waals surface area contributed by atoms with E-state index in [1.54, 1.807) is 22.7 Å². The van der Waals surface area contributed by atoms with E-state index in [4.69, 9.17) is 0 Å². The second-order valence-corrected chi connectivity index (χ2v) is 4.08. The van der Waals surface area contributed by atoms with E-state index in [1.165, 1.54) is 18.3 Å². The largest absolute Gasteiger partial charge is 0.299 e. The van der Waals surface area contributed by atoms with E-state index < -0.39 is 11.6 Å². The molecule has 0 spiro atoms. The van der Waals surface area contributed by atoms with Gasteiger partial charge in [-0.25, -0.2) is 13.8 Å². The van der Waals surface area contributed by atoms with Crippen LogP contribution in [-0.2, 0) is 0 Å². The van der Waals surface area contributed by atoms with Crippen molar-refractivity contribution in [2.24, 2.45) is 0 Å². The van der Waals surface area contributed by atoms with Crippen LogP contribution in [0.4, 0.5) is 8.78 Å². The van der Waals surface area contributed by atoms with Crippen molar-refractivity contribution in [2.75, 3.05) is 0 Å². The lowest BCUT2D eigenvalue weighted by molar-refractivity contribution is 0.112. The van der Waals surface area contributed by atoms with E-state index in [1.807, 2.05) is 0 Å². The van der Waals surface area contributed by atoms with Crippen molar-refractivity contribution in [3.63, 3.8) is 0 Å². The Morgan fingerprint density at radius 1 is 1.16 bits per heavy atom. The Morgan fingerprint density at radius 2 is 1.89 bits per heavy atom. The van der Waals surface area contributed by atoms with Gasteiger partial charge in [0.05, 0.1) is 11.7 Å². The van der Waals surface area contributed by atoms with E-state index in [-0.39, 0.29) is 0 Å². The number of pyridine rings is 1. The molecule has 0 aliphatic rings. The number of imidazole rings is 1. The number of rotatable bonds is 2. The van der Waals surface area contributed by atoms with Crippen LogP contribution in [0.25, 0.3) is 16.9 Å². The summed E-state index contributed by atoms with van der Waals surface area (Å²) in [6.45, 7) is 0. The van der Waals surface area contributed by atoms with Gasteiger partial charge in [-0.05, 0) is 24.3 Å². The average Bonchev–Trinajstić information content (AvgIpc) is 2.81. The van der Waals surface area contributed by atoms with Gasteiger partial charge in [0, 0.05) is 23.4 Å². The highest BCUT2D eigenvalue weighted by Gasteiger charge is 2.10. The van der Waals surface area contributed by atoms with Gasteiger partial charge in [0.25, 0.3) is 0 Å². The number of aromatic nitrogens is 2. The third kappa shape index (κ3) is 1.89. The lowest BCUT2D eigenvalue weighted by Crippen LogP contribution is -1.93. The minimum Gasteiger partial charge on any atom is -0.299 e. The van der Waals surface area contributed by atoms with Crippen LogP contribution in [-0.4, -0.2) is 15.7 Å². The highest BCUT2D eigenvalue weighted by atomic mass is 19.1. The number of hydrogen-bond acceptors (Lipinski definition) is 2. The molecule has 3 nitrogen and oxygen atoms in total. The lowest BCUT2D eigenvalue weighted by atomic mass is 10.2. The third-order valence-corrected chi connectivity index (χ3v) is 2.85. The number of carbonyl (C=O) groups is 1. The standard InChI is InChI=1S/C14H8F2N2O/c15-11-4-10(5-12(16)6-11)14-17-7-13-9(8-19)2-1-3-18(13)14/h1-8H. The molecule has 94 valence electrons. The van der Waals surface area contributed by atoms with E-state index >= 15 is 0 Å². The Morgan fingerprint density at radius 3 is 2.58 bits per heavy atom. The Labute approximate surface area is 107 Å². The first-order chi connectivity index (χ1) is 9.19. The normalized spacial score (nSPS) is 10.8. The molecule has 0 bridgehead atoms. The van der Waals surface area contributed by atoms with E-state index in [2.05, 4.69) is 4.98 Å². The summed E-state index contributed by atoms with van der Waals surface area (Å²) in [6.07, 6.45) is 3.91. The zero-order chi connectivity index (χ0) is 13.4.